The summed E-state index contributed by atoms with van der Waals surface area (Å²) in [5.41, 5.74) is 9.49. The van der Waals surface area contributed by atoms with Crippen LogP contribution in [-0.2, 0) is 0 Å². The van der Waals surface area contributed by atoms with Crippen molar-refractivity contribution in [1.29, 1.82) is 0 Å². The molecule has 0 saturated heterocycles. The van der Waals surface area contributed by atoms with Crippen LogP contribution in [0.5, 0.6) is 0 Å². The van der Waals surface area contributed by atoms with E-state index in [0.717, 1.165) is 65.8 Å². The van der Waals surface area contributed by atoms with Crippen molar-refractivity contribution in [3.05, 3.63) is 170 Å². The van der Waals surface area contributed by atoms with Gasteiger partial charge in [-0.2, -0.15) is 0 Å². The van der Waals surface area contributed by atoms with E-state index in [1.807, 2.05) is 42.5 Å². The summed E-state index contributed by atoms with van der Waals surface area (Å²) < 4.78 is 1.19. The third kappa shape index (κ3) is 5.67. The summed E-state index contributed by atoms with van der Waals surface area (Å²) in [6.07, 6.45) is 0. The van der Waals surface area contributed by atoms with Crippen molar-refractivity contribution in [1.82, 2.24) is 19.9 Å². The highest BCUT2D eigenvalue weighted by atomic mass is 32.1. The van der Waals surface area contributed by atoms with Crippen molar-refractivity contribution in [3.8, 4) is 67.0 Å². The fourth-order valence-corrected chi connectivity index (χ4v) is 7.25. The highest BCUT2D eigenvalue weighted by Crippen LogP contribution is 2.36. The van der Waals surface area contributed by atoms with Crippen LogP contribution in [0.2, 0.25) is 0 Å². The molecule has 4 nitrogen and oxygen atoms in total. The molecule has 0 N–H and O–H groups in total. The second-order valence-corrected chi connectivity index (χ2v) is 13.0. The highest BCUT2D eigenvalue weighted by Gasteiger charge is 2.15. The van der Waals surface area contributed by atoms with Gasteiger partial charge in [-0.25, -0.2) is 19.9 Å². The smallest absolute Gasteiger partial charge is 0.164 e. The van der Waals surface area contributed by atoms with Crippen LogP contribution in [0, 0.1) is 0 Å². The van der Waals surface area contributed by atoms with Crippen molar-refractivity contribution in [2.75, 3.05) is 0 Å². The van der Waals surface area contributed by atoms with Gasteiger partial charge in [-0.05, 0) is 51.9 Å². The Balaban J connectivity index is 1.12. The molecule has 0 aliphatic heterocycles. The Labute approximate surface area is 288 Å². The zero-order valence-electron chi connectivity index (χ0n) is 26.4. The number of aromatic nitrogens is 4. The summed E-state index contributed by atoms with van der Waals surface area (Å²) >= 11 is 1.73. The molecule has 0 spiro atoms. The van der Waals surface area contributed by atoms with Crippen LogP contribution in [0.25, 0.3) is 88.0 Å². The van der Waals surface area contributed by atoms with Gasteiger partial charge in [0.05, 0.1) is 10.2 Å². The minimum Gasteiger partial charge on any atom is -0.235 e. The van der Waals surface area contributed by atoms with Crippen molar-refractivity contribution in [2.45, 2.75) is 0 Å². The lowest BCUT2D eigenvalue weighted by molar-refractivity contribution is 1.07. The van der Waals surface area contributed by atoms with Gasteiger partial charge in [0.2, 0.25) is 0 Å². The van der Waals surface area contributed by atoms with E-state index >= 15 is 0 Å². The fourth-order valence-electron chi connectivity index (χ4n) is 6.26. The van der Waals surface area contributed by atoms with E-state index in [4.69, 9.17) is 19.9 Å². The van der Waals surface area contributed by atoms with Gasteiger partial charge < -0.3 is 0 Å². The summed E-state index contributed by atoms with van der Waals surface area (Å²) in [5, 5.41) is 3.36. The van der Waals surface area contributed by atoms with Crippen molar-refractivity contribution >= 4 is 32.3 Å². The van der Waals surface area contributed by atoms with E-state index in [1.165, 1.54) is 4.70 Å². The molecule has 0 atom stereocenters. The molecule has 230 valence electrons. The molecular formula is C44H28N4S. The summed E-state index contributed by atoms with van der Waals surface area (Å²) in [6.45, 7) is 0. The monoisotopic (exact) mass is 644 g/mol. The number of hydrogen-bond acceptors (Lipinski definition) is 5. The van der Waals surface area contributed by atoms with Crippen LogP contribution in [0.3, 0.4) is 0 Å². The zero-order valence-corrected chi connectivity index (χ0v) is 27.2. The van der Waals surface area contributed by atoms with E-state index in [0.29, 0.717) is 17.5 Å². The molecule has 0 aliphatic carbocycles. The van der Waals surface area contributed by atoms with Gasteiger partial charge in [0.15, 0.2) is 17.5 Å². The lowest BCUT2D eigenvalue weighted by atomic mass is 9.99. The van der Waals surface area contributed by atoms with E-state index in [2.05, 4.69) is 127 Å². The van der Waals surface area contributed by atoms with Gasteiger partial charge in [-0.15, -0.1) is 11.3 Å². The summed E-state index contributed by atoms with van der Waals surface area (Å²) in [6, 6.07) is 58.7. The van der Waals surface area contributed by atoms with Crippen LogP contribution in [-0.4, -0.2) is 19.9 Å². The normalized spacial score (nSPS) is 11.3. The molecule has 0 aliphatic rings. The van der Waals surface area contributed by atoms with E-state index in [9.17, 15) is 0 Å². The molecule has 0 bridgehead atoms. The van der Waals surface area contributed by atoms with Crippen LogP contribution in [0.15, 0.2) is 170 Å². The van der Waals surface area contributed by atoms with Crippen LogP contribution in [0.1, 0.15) is 0 Å². The first-order valence-corrected chi connectivity index (χ1v) is 17.0. The molecule has 0 amide bonds. The molecule has 0 radical (unpaired) electrons. The van der Waals surface area contributed by atoms with Crippen molar-refractivity contribution in [2.24, 2.45) is 0 Å². The van der Waals surface area contributed by atoms with Gasteiger partial charge in [0.25, 0.3) is 0 Å². The lowest BCUT2D eigenvalue weighted by Crippen LogP contribution is -2.00. The number of fused-ring (bicyclic) bond motifs is 3. The lowest BCUT2D eigenvalue weighted by Gasteiger charge is -2.11. The van der Waals surface area contributed by atoms with Gasteiger partial charge in [0, 0.05) is 27.6 Å². The minimum atomic E-state index is 0.634. The Morgan fingerprint density at radius 3 is 1.45 bits per heavy atom. The molecule has 0 saturated carbocycles. The van der Waals surface area contributed by atoms with Gasteiger partial charge >= 0.3 is 0 Å². The number of hydrogen-bond donors (Lipinski definition) is 0. The topological polar surface area (TPSA) is 51.6 Å². The number of thiazole rings is 1. The predicted octanol–water partition coefficient (Wildman–Crippen LogP) is 11.6. The average Bonchev–Trinajstić information content (AvgIpc) is 3.64. The Hall–Kier alpha value is -6.30. The summed E-state index contributed by atoms with van der Waals surface area (Å²) in [7, 11) is 0. The maximum atomic E-state index is 5.05. The second kappa shape index (κ2) is 12.4. The number of nitrogens with zero attached hydrogens (tertiary/aromatic N) is 4. The third-order valence-corrected chi connectivity index (χ3v) is 9.81. The minimum absolute atomic E-state index is 0.634. The first-order valence-electron chi connectivity index (χ1n) is 16.2. The molecule has 9 aromatic rings. The highest BCUT2D eigenvalue weighted by molar-refractivity contribution is 7.21. The largest absolute Gasteiger partial charge is 0.235 e. The van der Waals surface area contributed by atoms with Crippen molar-refractivity contribution in [3.63, 3.8) is 0 Å². The van der Waals surface area contributed by atoms with Crippen LogP contribution in [0.4, 0.5) is 0 Å². The molecule has 2 heterocycles. The quantitative estimate of drug-likeness (QED) is 0.181. The first-order chi connectivity index (χ1) is 24.2. The standard InChI is InChI=1S/C44H28N4S/c1-4-12-29(13-5-1)32-18-10-20-36(27-32)42-46-41(30-14-6-2-7-15-30)47-43(48-42)37-21-11-19-33(28-37)34-22-24-38-35(26-34)23-25-39-40(38)45-44(49-39)31-16-8-3-9-17-31/h1-28H. The second-order valence-electron chi connectivity index (χ2n) is 11.9. The van der Waals surface area contributed by atoms with E-state index < -0.39 is 0 Å². The van der Waals surface area contributed by atoms with Crippen LogP contribution < -0.4 is 0 Å². The SMILES string of the molecule is c1ccc(-c2cccc(-c3nc(-c4ccccc4)nc(-c4cccc(-c5ccc6c(ccc7sc(-c8ccccc8)nc76)c5)c4)n3)c2)cc1. The van der Waals surface area contributed by atoms with E-state index in [-0.39, 0.29) is 0 Å². The molecule has 2 aromatic heterocycles. The molecule has 49 heavy (non-hydrogen) atoms. The Morgan fingerprint density at radius 1 is 0.327 bits per heavy atom. The molecule has 0 unspecified atom stereocenters. The van der Waals surface area contributed by atoms with Gasteiger partial charge in [-0.3, -0.25) is 0 Å². The predicted molar refractivity (Wildman–Crippen MR) is 203 cm³/mol. The summed E-state index contributed by atoms with van der Waals surface area (Å²) in [4.78, 5) is 20.1. The molecule has 5 heteroatoms. The maximum Gasteiger partial charge on any atom is 0.164 e. The van der Waals surface area contributed by atoms with Crippen molar-refractivity contribution < 1.29 is 0 Å². The van der Waals surface area contributed by atoms with Crippen LogP contribution >= 0.6 is 11.3 Å². The Morgan fingerprint density at radius 2 is 0.816 bits per heavy atom. The third-order valence-electron chi connectivity index (χ3n) is 8.74. The molecule has 9 rings (SSSR count). The Kier molecular flexibility index (Phi) is 7.30. The molecule has 7 aromatic carbocycles. The molecular weight excluding hydrogens is 617 g/mol. The zero-order chi connectivity index (χ0) is 32.6. The fraction of sp³-hybridized carbons (Fsp3) is 0. The van der Waals surface area contributed by atoms with Gasteiger partial charge in [-0.1, -0.05) is 146 Å². The Bertz CT molecular complexity index is 2600. The first kappa shape index (κ1) is 28.9. The number of benzene rings is 7. The summed E-state index contributed by atoms with van der Waals surface area (Å²) in [5.74, 6) is 1.91. The average molecular weight is 645 g/mol. The van der Waals surface area contributed by atoms with Gasteiger partial charge in [0.1, 0.15) is 5.01 Å². The maximum absolute atomic E-state index is 5.05. The van der Waals surface area contributed by atoms with E-state index in [1.54, 1.807) is 11.3 Å². The number of rotatable bonds is 6. The molecule has 0 fully saturated rings.